The number of H-pyrrole nitrogens is 1. The third-order valence-electron chi connectivity index (χ3n) is 6.57. The van der Waals surface area contributed by atoms with Crippen molar-refractivity contribution in [3.05, 3.63) is 111 Å². The average molecular weight is 641 g/mol. The van der Waals surface area contributed by atoms with Crippen molar-refractivity contribution in [1.29, 1.82) is 0 Å². The van der Waals surface area contributed by atoms with Crippen LogP contribution in [0.4, 0.5) is 13.2 Å². The second-order valence-corrected chi connectivity index (χ2v) is 10.5. The summed E-state index contributed by atoms with van der Waals surface area (Å²) < 4.78 is 45.9. The monoisotopic (exact) mass is 640 g/mol. The number of carbonyl (C=O) groups excluding carboxylic acids is 1. The number of nitrogens with zero attached hydrogens (tertiary/aromatic N) is 4. The van der Waals surface area contributed by atoms with Crippen LogP contribution in [-0.2, 0) is 17.5 Å². The van der Waals surface area contributed by atoms with Crippen LogP contribution in [0.1, 0.15) is 41.0 Å². The molecule has 226 valence electrons. The number of ether oxygens (including phenoxy) is 1. The van der Waals surface area contributed by atoms with Crippen molar-refractivity contribution in [1.82, 2.24) is 30.3 Å². The van der Waals surface area contributed by atoms with Gasteiger partial charge < -0.3 is 10.1 Å². The van der Waals surface area contributed by atoms with E-state index in [1.165, 1.54) is 36.7 Å². The number of aromatic amines is 1. The van der Waals surface area contributed by atoms with E-state index >= 15 is 0 Å². The van der Waals surface area contributed by atoms with E-state index in [0.29, 0.717) is 45.7 Å². The van der Waals surface area contributed by atoms with Gasteiger partial charge in [0.15, 0.2) is 0 Å². The summed E-state index contributed by atoms with van der Waals surface area (Å²) in [5.74, 6) is 0.251. The maximum atomic E-state index is 12.7. The first-order chi connectivity index (χ1) is 21.1. The summed E-state index contributed by atoms with van der Waals surface area (Å²) in [6, 6.07) is 10.2. The number of alkyl halides is 3. The Bertz CT molecular complexity index is 1810. The number of nitrogens with one attached hydrogen (secondary N) is 2. The zero-order valence-corrected chi connectivity index (χ0v) is 24.7. The van der Waals surface area contributed by atoms with Crippen LogP contribution >= 0.6 is 23.2 Å². The smallest absolute Gasteiger partial charge is 0.416 e. The molecule has 0 saturated carbocycles. The zero-order chi connectivity index (χ0) is 31.3. The molecule has 5 rings (SSSR count). The first-order valence-corrected chi connectivity index (χ1v) is 14.1. The van der Waals surface area contributed by atoms with E-state index in [2.05, 4.69) is 25.6 Å². The van der Waals surface area contributed by atoms with Gasteiger partial charge in [-0.2, -0.15) is 23.4 Å². The normalized spacial score (nSPS) is 12.8. The summed E-state index contributed by atoms with van der Waals surface area (Å²) in [4.78, 5) is 16.1. The first kappa shape index (κ1) is 30.8. The molecule has 0 fully saturated rings. The molecular formula is C31H25Cl2F3N6O2. The van der Waals surface area contributed by atoms with E-state index in [1.807, 2.05) is 43.5 Å². The highest BCUT2D eigenvalue weighted by Gasteiger charge is 2.29. The Labute approximate surface area is 260 Å². The van der Waals surface area contributed by atoms with E-state index < -0.39 is 17.8 Å². The van der Waals surface area contributed by atoms with Gasteiger partial charge in [0.05, 0.1) is 39.6 Å². The van der Waals surface area contributed by atoms with Gasteiger partial charge in [0.1, 0.15) is 11.9 Å². The topological polar surface area (TPSA) is 97.7 Å². The highest BCUT2D eigenvalue weighted by atomic mass is 35.5. The molecule has 8 nitrogen and oxygen atoms in total. The van der Waals surface area contributed by atoms with Crippen molar-refractivity contribution in [2.24, 2.45) is 0 Å². The fraction of sp³-hybridized carbons (Fsp3) is 0.161. The van der Waals surface area contributed by atoms with Gasteiger partial charge in [-0.1, -0.05) is 35.3 Å². The van der Waals surface area contributed by atoms with Gasteiger partial charge in [-0.3, -0.25) is 19.6 Å². The SMILES string of the molecule is C[C@@H](Oc1ccc2[nH]nc(/C=C/c3cnn(CCNC(=O)/C=C/c4ccc(C(F)(F)F)cc4)c3)c2c1)c1c(Cl)cncc1Cl. The number of carbonyl (C=O) groups is 1. The molecule has 0 unspecified atom stereocenters. The lowest BCUT2D eigenvalue weighted by Crippen LogP contribution is -2.25. The second-order valence-electron chi connectivity index (χ2n) is 9.71. The third kappa shape index (κ3) is 7.66. The summed E-state index contributed by atoms with van der Waals surface area (Å²) in [6.45, 7) is 2.59. The van der Waals surface area contributed by atoms with E-state index in [9.17, 15) is 18.0 Å². The number of rotatable bonds is 10. The standard InChI is InChI=1S/C31H25Cl2F3N6O2/c1-19(30-25(32)16-37-17-26(30)33)44-23-8-10-28-24(14-23)27(40-41-28)9-4-21-15-39-42(18-21)13-12-38-29(43)11-5-20-2-6-22(7-3-20)31(34,35)36/h2-11,14-19H,12-13H2,1H3,(H,38,43)(H,40,41)/b9-4+,11-5+/t19-/m1/s1. The van der Waals surface area contributed by atoms with Gasteiger partial charge in [-0.15, -0.1) is 0 Å². The van der Waals surface area contributed by atoms with Crippen LogP contribution in [0.25, 0.3) is 29.1 Å². The van der Waals surface area contributed by atoms with E-state index in [0.717, 1.165) is 28.6 Å². The van der Waals surface area contributed by atoms with E-state index in [4.69, 9.17) is 27.9 Å². The maximum absolute atomic E-state index is 12.7. The first-order valence-electron chi connectivity index (χ1n) is 13.3. The van der Waals surface area contributed by atoms with Crippen LogP contribution < -0.4 is 10.1 Å². The fourth-order valence-electron chi connectivity index (χ4n) is 4.36. The van der Waals surface area contributed by atoms with Crippen molar-refractivity contribution in [3.63, 3.8) is 0 Å². The third-order valence-corrected chi connectivity index (χ3v) is 7.17. The Morgan fingerprint density at radius 2 is 1.80 bits per heavy atom. The molecule has 3 aromatic heterocycles. The van der Waals surface area contributed by atoms with Gasteiger partial charge in [-0.25, -0.2) is 0 Å². The molecule has 44 heavy (non-hydrogen) atoms. The van der Waals surface area contributed by atoms with Crippen molar-refractivity contribution in [2.45, 2.75) is 25.7 Å². The number of benzene rings is 2. The predicted octanol–water partition coefficient (Wildman–Crippen LogP) is 7.62. The molecule has 0 bridgehead atoms. The number of halogens is 5. The van der Waals surface area contributed by atoms with E-state index in [-0.39, 0.29) is 5.91 Å². The Morgan fingerprint density at radius 1 is 1.05 bits per heavy atom. The molecule has 0 aliphatic carbocycles. The van der Waals surface area contributed by atoms with Crippen LogP contribution in [-0.4, -0.2) is 37.4 Å². The van der Waals surface area contributed by atoms with Gasteiger partial charge in [0.25, 0.3) is 0 Å². The Balaban J connectivity index is 1.15. The van der Waals surface area contributed by atoms with Gasteiger partial charge in [0, 0.05) is 47.7 Å². The second kappa shape index (κ2) is 13.4. The number of hydrogen-bond donors (Lipinski definition) is 2. The fourth-order valence-corrected chi connectivity index (χ4v) is 5.03. The average Bonchev–Trinajstić information content (AvgIpc) is 3.61. The van der Waals surface area contributed by atoms with Crippen molar-refractivity contribution < 1.29 is 22.7 Å². The summed E-state index contributed by atoms with van der Waals surface area (Å²) in [5, 5.41) is 16.2. The molecule has 5 aromatic rings. The predicted molar refractivity (Wildman–Crippen MR) is 164 cm³/mol. The Kier molecular flexibility index (Phi) is 9.36. The minimum atomic E-state index is -4.40. The number of pyridine rings is 1. The van der Waals surface area contributed by atoms with Crippen molar-refractivity contribution in [2.75, 3.05) is 6.54 Å². The highest BCUT2D eigenvalue weighted by Crippen LogP contribution is 2.33. The molecule has 0 radical (unpaired) electrons. The van der Waals surface area contributed by atoms with Crippen molar-refractivity contribution >= 4 is 58.2 Å². The summed E-state index contributed by atoms with van der Waals surface area (Å²) in [5.41, 5.74) is 2.77. The number of aromatic nitrogens is 5. The van der Waals surface area contributed by atoms with Gasteiger partial charge >= 0.3 is 6.18 Å². The van der Waals surface area contributed by atoms with Gasteiger partial charge in [0.2, 0.25) is 5.91 Å². The molecular weight excluding hydrogens is 616 g/mol. The molecule has 0 saturated heterocycles. The molecule has 0 aliphatic heterocycles. The maximum Gasteiger partial charge on any atom is 0.416 e. The van der Waals surface area contributed by atoms with Crippen LogP contribution in [0.3, 0.4) is 0 Å². The Morgan fingerprint density at radius 3 is 2.52 bits per heavy atom. The molecule has 2 N–H and O–H groups in total. The number of fused-ring (bicyclic) bond motifs is 1. The highest BCUT2D eigenvalue weighted by molar-refractivity contribution is 6.35. The molecule has 1 amide bonds. The molecule has 3 heterocycles. The van der Waals surface area contributed by atoms with Gasteiger partial charge in [-0.05, 0) is 61.0 Å². The minimum absolute atomic E-state index is 0.308. The molecule has 13 heteroatoms. The van der Waals surface area contributed by atoms with Crippen LogP contribution in [0.2, 0.25) is 10.0 Å². The summed E-state index contributed by atoms with van der Waals surface area (Å²) in [7, 11) is 0. The molecule has 1 atom stereocenters. The molecule has 0 spiro atoms. The Hall–Kier alpha value is -4.61. The summed E-state index contributed by atoms with van der Waals surface area (Å²) in [6.07, 6.45) is 8.21. The lowest BCUT2D eigenvalue weighted by molar-refractivity contribution is -0.137. The number of hydrogen-bond acceptors (Lipinski definition) is 5. The molecule has 0 aliphatic rings. The quantitative estimate of drug-likeness (QED) is 0.153. The van der Waals surface area contributed by atoms with Crippen LogP contribution in [0.15, 0.2) is 73.3 Å². The van der Waals surface area contributed by atoms with E-state index in [1.54, 1.807) is 10.9 Å². The van der Waals surface area contributed by atoms with Crippen molar-refractivity contribution in [3.8, 4) is 5.75 Å². The lowest BCUT2D eigenvalue weighted by Gasteiger charge is -2.17. The molecule has 2 aromatic carbocycles. The largest absolute Gasteiger partial charge is 0.486 e. The van der Waals surface area contributed by atoms with Crippen LogP contribution in [0, 0.1) is 0 Å². The number of amides is 1. The zero-order valence-electron chi connectivity index (χ0n) is 23.1. The summed E-state index contributed by atoms with van der Waals surface area (Å²) >= 11 is 12.6. The minimum Gasteiger partial charge on any atom is -0.486 e. The van der Waals surface area contributed by atoms with Crippen LogP contribution in [0.5, 0.6) is 5.75 Å². The lowest BCUT2D eigenvalue weighted by atomic mass is 10.1.